The second kappa shape index (κ2) is 3.27. The Balaban J connectivity index is 2.57. The molecule has 0 spiro atoms. The second-order valence-corrected chi connectivity index (χ2v) is 4.56. The van der Waals surface area contributed by atoms with Gasteiger partial charge in [0, 0.05) is 12.8 Å². The van der Waals surface area contributed by atoms with E-state index >= 15 is 0 Å². The highest BCUT2D eigenvalue weighted by Gasteiger charge is 2.43. The summed E-state index contributed by atoms with van der Waals surface area (Å²) in [6.07, 6.45) is 1.25. The van der Waals surface area contributed by atoms with Crippen molar-refractivity contribution in [3.8, 4) is 0 Å². The van der Waals surface area contributed by atoms with Gasteiger partial charge in [-0.05, 0) is 20.8 Å². The summed E-state index contributed by atoms with van der Waals surface area (Å²) in [5.74, 6) is 0. The summed E-state index contributed by atoms with van der Waals surface area (Å²) in [6, 6.07) is 0. The van der Waals surface area contributed by atoms with Crippen molar-refractivity contribution in [2.75, 3.05) is 13.1 Å². The van der Waals surface area contributed by atoms with Crippen LogP contribution in [0, 0.1) is 0 Å². The van der Waals surface area contributed by atoms with E-state index in [0.717, 1.165) is 12.8 Å². The molecule has 1 aliphatic rings. The molecule has 0 unspecified atom stereocenters. The lowest BCUT2D eigenvalue weighted by atomic mass is 10.2. The first kappa shape index (κ1) is 10.5. The van der Waals surface area contributed by atoms with Crippen molar-refractivity contribution in [2.45, 2.75) is 39.2 Å². The summed E-state index contributed by atoms with van der Waals surface area (Å²) < 4.78 is 4.56. The van der Waals surface area contributed by atoms with Crippen LogP contribution in [0.4, 0.5) is 4.79 Å². The van der Waals surface area contributed by atoms with Gasteiger partial charge in [-0.25, -0.2) is 5.21 Å². The smallest absolute Gasteiger partial charge is 0.412 e. The molecule has 0 radical (unpaired) electrons. The molecule has 4 heteroatoms. The molecular weight excluding hydrogens is 170 g/mol. The van der Waals surface area contributed by atoms with E-state index in [4.69, 9.17) is 4.74 Å². The molecule has 1 N–H and O–H groups in total. The molecule has 0 bridgehead atoms. The summed E-state index contributed by atoms with van der Waals surface area (Å²) in [5.41, 5.74) is -0.520. The van der Waals surface area contributed by atoms with Gasteiger partial charge in [-0.15, -0.1) is 0 Å². The Morgan fingerprint density at radius 1 is 1.31 bits per heavy atom. The van der Waals surface area contributed by atoms with Gasteiger partial charge in [-0.1, -0.05) is 4.65 Å². The van der Waals surface area contributed by atoms with Gasteiger partial charge in [0.2, 0.25) is 0 Å². The molecule has 13 heavy (non-hydrogen) atoms. The summed E-state index contributed by atoms with van der Waals surface area (Å²) >= 11 is 0. The molecule has 1 heterocycles. The third-order valence-corrected chi connectivity index (χ3v) is 2.04. The molecule has 1 saturated heterocycles. The zero-order chi connectivity index (χ0) is 10.1. The first-order chi connectivity index (χ1) is 5.83. The molecule has 1 aliphatic heterocycles. The zero-order valence-corrected chi connectivity index (χ0v) is 8.54. The van der Waals surface area contributed by atoms with E-state index < -0.39 is 16.3 Å². The van der Waals surface area contributed by atoms with Crippen LogP contribution >= 0.6 is 0 Å². The predicted molar refractivity (Wildman–Crippen MR) is 47.2 cm³/mol. The van der Waals surface area contributed by atoms with E-state index in [-0.39, 0.29) is 0 Å². The number of hydrogen-bond acceptors (Lipinski definition) is 3. The van der Waals surface area contributed by atoms with Crippen LogP contribution in [0.25, 0.3) is 0 Å². The molecule has 0 saturated carbocycles. The van der Waals surface area contributed by atoms with Gasteiger partial charge in [-0.3, -0.25) is 0 Å². The second-order valence-electron chi connectivity index (χ2n) is 4.56. The maximum Gasteiger partial charge on any atom is 0.549 e. The van der Waals surface area contributed by atoms with Crippen LogP contribution in [0.2, 0.25) is 0 Å². The van der Waals surface area contributed by atoms with Crippen molar-refractivity contribution in [3.05, 3.63) is 0 Å². The number of amides is 1. The van der Waals surface area contributed by atoms with Gasteiger partial charge in [0.05, 0.1) is 0 Å². The fraction of sp³-hybridized carbons (Fsp3) is 0.889. The number of likely N-dealkylation sites (tertiary alicyclic amines) is 1. The minimum Gasteiger partial charge on any atom is -0.412 e. The van der Waals surface area contributed by atoms with Crippen LogP contribution in [-0.4, -0.2) is 34.6 Å². The lowest BCUT2D eigenvalue weighted by Crippen LogP contribution is -2.49. The molecule has 1 amide bonds. The Morgan fingerprint density at radius 3 is 2.15 bits per heavy atom. The van der Waals surface area contributed by atoms with E-state index in [1.165, 1.54) is 0 Å². The van der Waals surface area contributed by atoms with E-state index in [9.17, 15) is 10.0 Å². The van der Waals surface area contributed by atoms with Crippen LogP contribution in [0.1, 0.15) is 33.6 Å². The summed E-state index contributed by atoms with van der Waals surface area (Å²) in [4.78, 5) is 11.5. The van der Waals surface area contributed by atoms with Crippen molar-refractivity contribution in [1.82, 2.24) is 0 Å². The number of hydrogen-bond donors (Lipinski definition) is 1. The molecule has 0 aliphatic carbocycles. The lowest BCUT2D eigenvalue weighted by molar-refractivity contribution is -1.03. The van der Waals surface area contributed by atoms with E-state index in [0.29, 0.717) is 13.1 Å². The number of quaternary nitrogens is 1. The molecule has 4 nitrogen and oxygen atoms in total. The summed E-state index contributed by atoms with van der Waals surface area (Å²) in [7, 11) is 0. The zero-order valence-electron chi connectivity index (χ0n) is 8.54. The minimum atomic E-state index is -0.544. The summed E-state index contributed by atoms with van der Waals surface area (Å²) in [5, 5.41) is 9.79. The van der Waals surface area contributed by atoms with Gasteiger partial charge in [0.1, 0.15) is 18.7 Å². The predicted octanol–water partition coefficient (Wildman–Crippen LogP) is 1.92. The highest BCUT2D eigenvalue weighted by atomic mass is 16.7. The average molecular weight is 188 g/mol. The molecule has 1 rings (SSSR count). The Hall–Kier alpha value is -0.610. The monoisotopic (exact) mass is 188 g/mol. The topological polar surface area (TPSA) is 46.5 Å². The van der Waals surface area contributed by atoms with E-state index in [1.54, 1.807) is 20.8 Å². The van der Waals surface area contributed by atoms with Crippen molar-refractivity contribution in [2.24, 2.45) is 0 Å². The first-order valence-corrected chi connectivity index (χ1v) is 4.67. The Labute approximate surface area is 78.6 Å². The highest BCUT2D eigenvalue weighted by molar-refractivity contribution is 5.59. The number of carbonyl (C=O) groups is 1. The Bertz CT molecular complexity index is 201. The maximum atomic E-state index is 11.5. The number of ether oxygens (including phenoxy) is 1. The fourth-order valence-electron chi connectivity index (χ4n) is 1.39. The molecule has 0 aromatic heterocycles. The van der Waals surface area contributed by atoms with Crippen molar-refractivity contribution in [1.29, 1.82) is 0 Å². The van der Waals surface area contributed by atoms with Crippen LogP contribution in [-0.2, 0) is 4.74 Å². The Morgan fingerprint density at radius 2 is 1.77 bits per heavy atom. The van der Waals surface area contributed by atoms with Crippen LogP contribution in [0.3, 0.4) is 0 Å². The van der Waals surface area contributed by atoms with Crippen molar-refractivity contribution in [3.63, 3.8) is 0 Å². The van der Waals surface area contributed by atoms with Gasteiger partial charge in [0.15, 0.2) is 0 Å². The van der Waals surface area contributed by atoms with Gasteiger partial charge < -0.3 is 4.74 Å². The van der Waals surface area contributed by atoms with Gasteiger partial charge in [0.25, 0.3) is 0 Å². The van der Waals surface area contributed by atoms with Crippen LogP contribution in [0.15, 0.2) is 0 Å². The summed E-state index contributed by atoms with van der Waals surface area (Å²) in [6.45, 7) is 6.36. The SMILES string of the molecule is CC(C)(C)OC(=O)[N+]1(O)CCCC1. The fourth-order valence-corrected chi connectivity index (χ4v) is 1.39. The number of hydroxylamine groups is 3. The van der Waals surface area contributed by atoms with E-state index in [2.05, 4.69) is 0 Å². The standard InChI is InChI=1S/C9H18NO3/c1-9(2,3)13-8(11)10(12)6-4-5-7-10/h12H,4-7H2,1-3H3/q+1. The van der Waals surface area contributed by atoms with Crippen molar-refractivity contribution >= 4 is 6.09 Å². The van der Waals surface area contributed by atoms with Crippen LogP contribution in [0.5, 0.6) is 0 Å². The first-order valence-electron chi connectivity index (χ1n) is 4.67. The third kappa shape index (κ3) is 2.67. The van der Waals surface area contributed by atoms with Crippen molar-refractivity contribution < 1.29 is 19.4 Å². The molecule has 1 fully saturated rings. The average Bonchev–Trinajstić information content (AvgIpc) is 2.33. The van der Waals surface area contributed by atoms with Crippen LogP contribution < -0.4 is 0 Å². The molecule has 0 aromatic rings. The molecule has 0 atom stereocenters. The number of nitrogens with zero attached hydrogens (tertiary/aromatic N) is 1. The number of rotatable bonds is 0. The highest BCUT2D eigenvalue weighted by Crippen LogP contribution is 2.20. The number of carbonyl (C=O) groups excluding carboxylic acids is 1. The lowest BCUT2D eigenvalue weighted by Gasteiger charge is -2.25. The Kier molecular flexibility index (Phi) is 2.63. The minimum absolute atomic E-state index is 0.481. The maximum absolute atomic E-state index is 11.5. The third-order valence-electron chi connectivity index (χ3n) is 2.04. The molecule has 0 aromatic carbocycles. The molecular formula is C9H18NO3+. The van der Waals surface area contributed by atoms with Gasteiger partial charge >= 0.3 is 6.09 Å². The molecule has 76 valence electrons. The van der Waals surface area contributed by atoms with Gasteiger partial charge in [-0.2, -0.15) is 4.79 Å². The van der Waals surface area contributed by atoms with E-state index in [1.807, 2.05) is 0 Å². The quantitative estimate of drug-likeness (QED) is 0.466. The largest absolute Gasteiger partial charge is 0.549 e. The normalized spacial score (nSPS) is 21.5.